The van der Waals surface area contributed by atoms with Crippen LogP contribution in [-0.2, 0) is 34.3 Å². The second kappa shape index (κ2) is 16.1. The molecule has 0 spiro atoms. The van der Waals surface area contributed by atoms with Gasteiger partial charge in [0.05, 0.1) is 11.8 Å². The minimum absolute atomic E-state index is 0. The van der Waals surface area contributed by atoms with Gasteiger partial charge in [-0.2, -0.15) is 17.2 Å². The van der Waals surface area contributed by atoms with Crippen LogP contribution in [-0.4, -0.2) is 19.3 Å². The van der Waals surface area contributed by atoms with Gasteiger partial charge in [-0.25, -0.2) is 4.98 Å². The standard InChI is InChI=1S/C48H36N4O3.Pt/c1-33-22-23-49-47(26-33)52-43-19-10-9-18-41(43)42-21-20-40(28-44(42)52)55-39-17-11-16-38(27-39)51-30-37(29-50-51)48-45(53-31-35-12-5-3-6-13-35)24-34(2)25-46(48)54-32-36-14-7-4-8-15-36;/h3-26,29-30H,31-32H2,1-2H3;/q-2;+2. The monoisotopic (exact) mass is 911 g/mol. The molecule has 0 saturated carbocycles. The summed E-state index contributed by atoms with van der Waals surface area (Å²) in [5.41, 5.74) is 8.66. The van der Waals surface area contributed by atoms with Crippen LogP contribution in [0.1, 0.15) is 22.3 Å². The summed E-state index contributed by atoms with van der Waals surface area (Å²) in [4.78, 5) is 4.70. The Kier molecular flexibility index (Phi) is 10.5. The molecule has 0 aliphatic rings. The van der Waals surface area contributed by atoms with Crippen LogP contribution in [0.15, 0.2) is 158 Å². The molecule has 0 fully saturated rings. The average molecular weight is 912 g/mol. The molecule has 9 aromatic rings. The fraction of sp³-hybridized carbons (Fsp3) is 0.0833. The summed E-state index contributed by atoms with van der Waals surface area (Å²) in [6.07, 6.45) is 5.63. The maximum absolute atomic E-state index is 6.49. The zero-order valence-electron chi connectivity index (χ0n) is 30.8. The molecule has 56 heavy (non-hydrogen) atoms. The molecule has 0 unspecified atom stereocenters. The van der Waals surface area contributed by atoms with Crippen LogP contribution in [0.25, 0.3) is 44.4 Å². The van der Waals surface area contributed by atoms with Crippen molar-refractivity contribution in [1.29, 1.82) is 0 Å². The molecule has 6 aromatic carbocycles. The van der Waals surface area contributed by atoms with Crippen LogP contribution in [0.4, 0.5) is 0 Å². The van der Waals surface area contributed by atoms with Gasteiger partial charge >= 0.3 is 21.1 Å². The molecule has 3 heterocycles. The van der Waals surface area contributed by atoms with Crippen molar-refractivity contribution in [2.75, 3.05) is 0 Å². The largest absolute Gasteiger partial charge is 2.00 e. The van der Waals surface area contributed by atoms with E-state index in [0.29, 0.717) is 30.4 Å². The minimum atomic E-state index is 0. The molecule has 0 aliphatic carbocycles. The van der Waals surface area contributed by atoms with Gasteiger partial charge < -0.3 is 18.8 Å². The van der Waals surface area contributed by atoms with Crippen molar-refractivity contribution in [2.45, 2.75) is 27.1 Å². The molecular formula is C48H36N4O3Pt. The Morgan fingerprint density at radius 1 is 0.625 bits per heavy atom. The second-order valence-electron chi connectivity index (χ2n) is 13.5. The van der Waals surface area contributed by atoms with Gasteiger partial charge in [0.25, 0.3) is 0 Å². The van der Waals surface area contributed by atoms with Gasteiger partial charge in [0, 0.05) is 35.0 Å². The number of para-hydroxylation sites is 1. The molecule has 0 aliphatic heterocycles. The van der Waals surface area contributed by atoms with Gasteiger partial charge in [-0.1, -0.05) is 84.4 Å². The summed E-state index contributed by atoms with van der Waals surface area (Å²) in [5, 5.41) is 6.97. The molecular weight excluding hydrogens is 876 g/mol. The van der Waals surface area contributed by atoms with E-state index in [0.717, 1.165) is 72.5 Å². The zero-order valence-corrected chi connectivity index (χ0v) is 33.0. The summed E-state index contributed by atoms with van der Waals surface area (Å²) in [6, 6.07) is 53.5. The Morgan fingerprint density at radius 3 is 2.02 bits per heavy atom. The Balaban J connectivity index is 0.00000441. The predicted molar refractivity (Wildman–Crippen MR) is 216 cm³/mol. The molecule has 8 heteroatoms. The third kappa shape index (κ3) is 7.59. The molecule has 0 atom stereocenters. The van der Waals surface area contributed by atoms with Gasteiger partial charge in [0.2, 0.25) is 0 Å². The summed E-state index contributed by atoms with van der Waals surface area (Å²) in [6.45, 7) is 4.96. The van der Waals surface area contributed by atoms with E-state index < -0.39 is 0 Å². The number of hydrogen-bond donors (Lipinski definition) is 0. The first-order valence-electron chi connectivity index (χ1n) is 18.2. The van der Waals surface area contributed by atoms with Crippen molar-refractivity contribution in [3.63, 3.8) is 0 Å². The molecule has 7 nitrogen and oxygen atoms in total. The number of fused-ring (bicyclic) bond motifs is 3. The Hall–Kier alpha value is -6.43. The number of benzene rings is 6. The first kappa shape index (κ1) is 36.5. The van der Waals surface area contributed by atoms with Crippen molar-refractivity contribution < 1.29 is 35.3 Å². The van der Waals surface area contributed by atoms with E-state index in [1.54, 1.807) is 4.68 Å². The zero-order chi connectivity index (χ0) is 37.1. The Labute approximate surface area is 340 Å². The second-order valence-corrected chi connectivity index (χ2v) is 13.5. The Bertz CT molecular complexity index is 2710. The van der Waals surface area contributed by atoms with E-state index in [-0.39, 0.29) is 21.1 Å². The van der Waals surface area contributed by atoms with Gasteiger partial charge in [-0.15, -0.1) is 35.7 Å². The van der Waals surface area contributed by atoms with Crippen molar-refractivity contribution >= 4 is 21.8 Å². The maximum atomic E-state index is 6.49. The topological polar surface area (TPSA) is 63.3 Å². The number of aromatic nitrogens is 4. The molecule has 3 aromatic heterocycles. The first-order valence-corrected chi connectivity index (χ1v) is 18.2. The predicted octanol–water partition coefficient (Wildman–Crippen LogP) is 11.2. The van der Waals surface area contributed by atoms with Crippen molar-refractivity contribution in [3.8, 4) is 45.6 Å². The smallest absolute Gasteiger partial charge is 0.509 e. The summed E-state index contributed by atoms with van der Waals surface area (Å²) < 4.78 is 23.3. The SMILES string of the molecule is Cc1ccnc(-n2c3[c-]c(Oc4[c-]c(-n5cc(-c6c(OCc7ccccc7)cc(C)cc6OCc6ccccc6)cn5)ccc4)ccc3c3ccccc32)c1.[Pt+2]. The van der Waals surface area contributed by atoms with E-state index >= 15 is 0 Å². The molecule has 0 saturated heterocycles. The van der Waals surface area contributed by atoms with E-state index in [9.17, 15) is 0 Å². The number of aryl methyl sites for hydroxylation is 2. The van der Waals surface area contributed by atoms with Crippen LogP contribution >= 0.6 is 0 Å². The summed E-state index contributed by atoms with van der Waals surface area (Å²) >= 11 is 0. The van der Waals surface area contributed by atoms with Gasteiger partial charge in [0.1, 0.15) is 30.5 Å². The first-order chi connectivity index (χ1) is 27.1. The summed E-state index contributed by atoms with van der Waals surface area (Å²) in [7, 11) is 0. The quantitative estimate of drug-likeness (QED) is 0.121. The van der Waals surface area contributed by atoms with Crippen LogP contribution in [0, 0.1) is 26.0 Å². The number of pyridine rings is 1. The van der Waals surface area contributed by atoms with Crippen molar-refractivity contribution in [1.82, 2.24) is 19.3 Å². The fourth-order valence-corrected chi connectivity index (χ4v) is 6.85. The maximum Gasteiger partial charge on any atom is 2.00 e. The molecule has 9 rings (SSSR count). The Morgan fingerprint density at radius 2 is 1.30 bits per heavy atom. The summed E-state index contributed by atoms with van der Waals surface area (Å²) in [5.74, 6) is 3.38. The van der Waals surface area contributed by atoms with E-state index in [1.807, 2.05) is 110 Å². The number of ether oxygens (including phenoxy) is 3. The molecule has 276 valence electrons. The number of nitrogens with zero attached hydrogens (tertiary/aromatic N) is 4. The van der Waals surface area contributed by atoms with Gasteiger partial charge in [-0.05, 0) is 77.5 Å². The van der Waals surface area contributed by atoms with E-state index in [2.05, 4.69) is 78.2 Å². The van der Waals surface area contributed by atoms with E-state index in [4.69, 9.17) is 24.3 Å². The molecule has 0 amide bonds. The van der Waals surface area contributed by atoms with Gasteiger partial charge in [0.15, 0.2) is 0 Å². The van der Waals surface area contributed by atoms with Crippen LogP contribution < -0.4 is 14.2 Å². The third-order valence-corrected chi connectivity index (χ3v) is 9.46. The molecule has 0 radical (unpaired) electrons. The van der Waals surface area contributed by atoms with Crippen LogP contribution in [0.2, 0.25) is 0 Å². The minimum Gasteiger partial charge on any atom is -0.509 e. The molecule has 0 N–H and O–H groups in total. The number of hydrogen-bond acceptors (Lipinski definition) is 5. The van der Waals surface area contributed by atoms with Crippen LogP contribution in [0.5, 0.6) is 23.0 Å². The normalized spacial score (nSPS) is 11.0. The molecule has 0 bridgehead atoms. The van der Waals surface area contributed by atoms with Crippen molar-refractivity contribution in [3.05, 3.63) is 193 Å². The van der Waals surface area contributed by atoms with Gasteiger partial charge in [-0.3, -0.25) is 4.68 Å². The fourth-order valence-electron chi connectivity index (χ4n) is 6.85. The van der Waals surface area contributed by atoms with Crippen molar-refractivity contribution in [2.24, 2.45) is 0 Å². The average Bonchev–Trinajstić information content (AvgIpc) is 3.83. The third-order valence-electron chi connectivity index (χ3n) is 9.46. The van der Waals surface area contributed by atoms with E-state index in [1.165, 1.54) is 0 Å². The van der Waals surface area contributed by atoms with Crippen LogP contribution in [0.3, 0.4) is 0 Å². The number of rotatable bonds is 11.